The highest BCUT2D eigenvalue weighted by Crippen LogP contribution is 2.36. The molecule has 0 N–H and O–H groups in total. The van der Waals surface area contributed by atoms with Crippen LogP contribution in [0.1, 0.15) is 11.4 Å². The van der Waals surface area contributed by atoms with Gasteiger partial charge in [0, 0.05) is 35.1 Å². The van der Waals surface area contributed by atoms with Crippen molar-refractivity contribution in [2.75, 3.05) is 7.05 Å². The second kappa shape index (κ2) is 6.86. The monoisotopic (exact) mass is 377 g/mol. The Labute approximate surface area is 158 Å². The van der Waals surface area contributed by atoms with Gasteiger partial charge in [-0.1, -0.05) is 0 Å². The summed E-state index contributed by atoms with van der Waals surface area (Å²) in [6, 6.07) is 8.08. The van der Waals surface area contributed by atoms with Crippen molar-refractivity contribution in [3.05, 3.63) is 53.4 Å². The van der Waals surface area contributed by atoms with E-state index in [-0.39, 0.29) is 0 Å². The highest BCUT2D eigenvalue weighted by Gasteiger charge is 2.17. The van der Waals surface area contributed by atoms with Gasteiger partial charge in [-0.15, -0.1) is 22.7 Å². The number of pyridine rings is 2. The van der Waals surface area contributed by atoms with Gasteiger partial charge in [0.1, 0.15) is 10.7 Å². The lowest BCUT2D eigenvalue weighted by molar-refractivity contribution is 1.23. The van der Waals surface area contributed by atoms with Crippen LogP contribution in [0.5, 0.6) is 0 Å². The Morgan fingerprint density at radius 1 is 1.23 bits per heavy atom. The number of aliphatic imine (C=N–C) groups is 2. The lowest BCUT2D eigenvalue weighted by atomic mass is 10.2. The molecule has 0 spiro atoms. The molecule has 0 bridgehead atoms. The number of thiazole rings is 1. The summed E-state index contributed by atoms with van der Waals surface area (Å²) in [7, 11) is 1.70. The van der Waals surface area contributed by atoms with Gasteiger partial charge in [0.2, 0.25) is 0 Å². The molecule has 4 aromatic heterocycles. The normalized spacial score (nSPS) is 11.8. The molecule has 4 heterocycles. The van der Waals surface area contributed by atoms with E-state index in [2.05, 4.69) is 33.1 Å². The van der Waals surface area contributed by atoms with E-state index in [9.17, 15) is 0 Å². The number of nitrogens with zero attached hydrogens (tertiary/aromatic N) is 5. The fourth-order valence-corrected chi connectivity index (χ4v) is 4.59. The molecule has 4 aromatic rings. The lowest BCUT2D eigenvalue weighted by Crippen LogP contribution is -2.02. The van der Waals surface area contributed by atoms with E-state index in [4.69, 9.17) is 9.97 Å². The number of hydrogen-bond acceptors (Lipinski definition) is 6. The molecule has 0 atom stereocenters. The van der Waals surface area contributed by atoms with Gasteiger partial charge >= 0.3 is 0 Å². The maximum atomic E-state index is 4.85. The first kappa shape index (κ1) is 16.7. The summed E-state index contributed by atoms with van der Waals surface area (Å²) in [5, 5.41) is 4.03. The van der Waals surface area contributed by atoms with Crippen LogP contribution in [0.4, 0.5) is 0 Å². The molecule has 5 nitrogen and oxygen atoms in total. The minimum absolute atomic E-state index is 0.546. The first-order valence-electron chi connectivity index (χ1n) is 7.91. The van der Waals surface area contributed by atoms with Crippen molar-refractivity contribution >= 4 is 45.3 Å². The van der Waals surface area contributed by atoms with E-state index >= 15 is 0 Å². The topological polar surface area (TPSA) is 63.4 Å². The van der Waals surface area contributed by atoms with Gasteiger partial charge in [0.25, 0.3) is 0 Å². The summed E-state index contributed by atoms with van der Waals surface area (Å²) in [6.07, 6.45) is 3.59. The molecule has 4 rings (SSSR count). The Kier molecular flexibility index (Phi) is 4.40. The van der Waals surface area contributed by atoms with Gasteiger partial charge in [-0.25, -0.2) is 15.0 Å². The minimum atomic E-state index is 0.546. The molecule has 0 aromatic carbocycles. The van der Waals surface area contributed by atoms with Gasteiger partial charge in [-0.2, -0.15) is 0 Å². The van der Waals surface area contributed by atoms with Gasteiger partial charge < -0.3 is 0 Å². The van der Waals surface area contributed by atoms with Crippen molar-refractivity contribution in [3.8, 4) is 21.1 Å². The summed E-state index contributed by atoms with van der Waals surface area (Å²) < 4.78 is 1.14. The van der Waals surface area contributed by atoms with Gasteiger partial charge in [-0.05, 0) is 43.3 Å². The maximum Gasteiger partial charge on any atom is 0.173 e. The van der Waals surface area contributed by atoms with Crippen molar-refractivity contribution in [1.29, 1.82) is 0 Å². The predicted molar refractivity (Wildman–Crippen MR) is 111 cm³/mol. The number of aromatic nitrogens is 3. The van der Waals surface area contributed by atoms with Gasteiger partial charge in [0.15, 0.2) is 5.84 Å². The van der Waals surface area contributed by atoms with Crippen LogP contribution in [0.3, 0.4) is 0 Å². The lowest BCUT2D eigenvalue weighted by Gasteiger charge is -2.05. The second-order valence-electron chi connectivity index (χ2n) is 5.57. The smallest absolute Gasteiger partial charge is 0.173 e. The Morgan fingerprint density at radius 3 is 2.85 bits per heavy atom. The van der Waals surface area contributed by atoms with Crippen molar-refractivity contribution in [2.45, 2.75) is 6.92 Å². The number of rotatable bonds is 3. The molecule has 0 unspecified atom stereocenters. The Hall–Kier alpha value is -2.77. The molecule has 0 aliphatic carbocycles. The van der Waals surface area contributed by atoms with Crippen LogP contribution >= 0.6 is 22.7 Å². The molecule has 0 saturated heterocycles. The van der Waals surface area contributed by atoms with Crippen molar-refractivity contribution in [2.24, 2.45) is 9.98 Å². The van der Waals surface area contributed by atoms with Crippen LogP contribution in [0.25, 0.3) is 31.2 Å². The Balaban J connectivity index is 1.90. The zero-order valence-corrected chi connectivity index (χ0v) is 15.9. The summed E-state index contributed by atoms with van der Waals surface area (Å²) in [4.78, 5) is 23.1. The fraction of sp³-hybridized carbons (Fsp3) is 0.105. The highest BCUT2D eigenvalue weighted by atomic mass is 32.1. The van der Waals surface area contributed by atoms with Crippen molar-refractivity contribution in [1.82, 2.24) is 15.0 Å². The van der Waals surface area contributed by atoms with Crippen molar-refractivity contribution in [3.63, 3.8) is 0 Å². The molecular weight excluding hydrogens is 362 g/mol. The molecule has 0 saturated carbocycles. The van der Waals surface area contributed by atoms with E-state index in [1.165, 1.54) is 0 Å². The van der Waals surface area contributed by atoms with Crippen LogP contribution in [-0.4, -0.2) is 34.6 Å². The molecule has 7 heteroatoms. The number of thiophene rings is 1. The average Bonchev–Trinajstić information content (AvgIpc) is 3.29. The minimum Gasteiger partial charge on any atom is -0.268 e. The summed E-state index contributed by atoms with van der Waals surface area (Å²) in [5.41, 5.74) is 3.59. The SMILES string of the molecule is C=NC(=NC)c1nc(-c2sc(-c3cccnc3)nc2C)cc2sccc12. The van der Waals surface area contributed by atoms with Crippen LogP contribution in [0.2, 0.25) is 0 Å². The molecule has 0 fully saturated rings. The van der Waals surface area contributed by atoms with Crippen molar-refractivity contribution < 1.29 is 0 Å². The van der Waals surface area contributed by atoms with E-state index < -0.39 is 0 Å². The third-order valence-electron chi connectivity index (χ3n) is 3.96. The average molecular weight is 377 g/mol. The first-order chi connectivity index (χ1) is 12.7. The van der Waals surface area contributed by atoms with Crippen LogP contribution in [-0.2, 0) is 0 Å². The second-order valence-corrected chi connectivity index (χ2v) is 7.52. The largest absolute Gasteiger partial charge is 0.268 e. The molecule has 0 radical (unpaired) electrons. The molecule has 26 heavy (non-hydrogen) atoms. The molecular formula is C19H15N5S2. The Morgan fingerprint density at radius 2 is 2.12 bits per heavy atom. The van der Waals surface area contributed by atoms with Crippen LogP contribution in [0, 0.1) is 6.92 Å². The quantitative estimate of drug-likeness (QED) is 0.378. The zero-order valence-electron chi connectivity index (χ0n) is 14.3. The molecule has 128 valence electrons. The standard InChI is InChI=1S/C19H15N5S2/c1-11-17(26-19(23-11)12-5-4-7-22-10-12)14-9-15-13(6-8-25-15)16(24-14)18(20-2)21-3/h4-10H,2H2,1,3H3. The number of hydrogen-bond donors (Lipinski definition) is 0. The van der Waals surface area contributed by atoms with Gasteiger partial charge in [-0.3, -0.25) is 9.98 Å². The molecule has 0 aliphatic heterocycles. The zero-order chi connectivity index (χ0) is 18.1. The summed E-state index contributed by atoms with van der Waals surface area (Å²) in [5.74, 6) is 0.546. The summed E-state index contributed by atoms with van der Waals surface area (Å²) in [6.45, 7) is 5.64. The van der Waals surface area contributed by atoms with E-state index in [0.29, 0.717) is 5.84 Å². The third kappa shape index (κ3) is 2.85. The van der Waals surface area contributed by atoms with E-state index in [1.54, 1.807) is 35.9 Å². The fourth-order valence-electron chi connectivity index (χ4n) is 2.75. The van der Waals surface area contributed by atoms with E-state index in [0.717, 1.165) is 42.6 Å². The molecule has 0 aliphatic rings. The summed E-state index contributed by atoms with van der Waals surface area (Å²) >= 11 is 3.29. The van der Waals surface area contributed by atoms with Crippen LogP contribution < -0.4 is 0 Å². The Bertz CT molecular complexity index is 1130. The first-order valence-corrected chi connectivity index (χ1v) is 9.61. The maximum absolute atomic E-state index is 4.85. The predicted octanol–water partition coefficient (Wildman–Crippen LogP) is 4.87. The van der Waals surface area contributed by atoms with Crippen LogP contribution in [0.15, 0.2) is 52.0 Å². The van der Waals surface area contributed by atoms with Gasteiger partial charge in [0.05, 0.1) is 16.3 Å². The van der Waals surface area contributed by atoms with E-state index in [1.807, 2.05) is 31.3 Å². The number of aryl methyl sites for hydroxylation is 1. The third-order valence-corrected chi connectivity index (χ3v) is 6.05. The number of fused-ring (bicyclic) bond motifs is 1. The number of amidine groups is 1. The molecule has 0 amide bonds. The highest BCUT2D eigenvalue weighted by molar-refractivity contribution is 7.19.